The van der Waals surface area contributed by atoms with Crippen LogP contribution < -0.4 is 0 Å². The maximum Gasteiger partial charge on any atom is 0.143 e. The second kappa shape index (κ2) is 11.3. The van der Waals surface area contributed by atoms with E-state index in [9.17, 15) is 5.11 Å². The Morgan fingerprint density at radius 2 is 1.81 bits per heavy atom. The molecule has 0 saturated carbocycles. The summed E-state index contributed by atoms with van der Waals surface area (Å²) in [6.45, 7) is 11.6. The Hall–Kier alpha value is -2.32. The molecule has 4 nitrogen and oxygen atoms in total. The fourth-order valence-electron chi connectivity index (χ4n) is 4.52. The molecule has 1 N–H and O–H groups in total. The summed E-state index contributed by atoms with van der Waals surface area (Å²) >= 11 is 0. The van der Waals surface area contributed by atoms with Gasteiger partial charge in [-0.05, 0) is 69.2 Å². The number of benzene rings is 2. The number of aryl methyl sites for hydroxylation is 1. The van der Waals surface area contributed by atoms with Gasteiger partial charge >= 0.3 is 0 Å². The fourth-order valence-corrected chi connectivity index (χ4v) is 4.52. The lowest BCUT2D eigenvalue weighted by atomic mass is 10.0. The molecule has 3 rings (SSSR count). The standard InChI is InChI=1S/C27H36N2O2/c1-5-29(6-2)25-14-16-28(17-15-25)20-24-19-22(18-21(3)27(24)30)12-13-26(31-4)23-10-8-7-9-11-23/h7-11,18-19,25-26,30H,5-6,14-17,20H2,1-4H3. The summed E-state index contributed by atoms with van der Waals surface area (Å²) in [6.07, 6.45) is 2.11. The van der Waals surface area contributed by atoms with E-state index >= 15 is 0 Å². The molecule has 0 radical (unpaired) electrons. The van der Waals surface area contributed by atoms with Gasteiger partial charge in [0.1, 0.15) is 11.9 Å². The van der Waals surface area contributed by atoms with Gasteiger partial charge in [0.25, 0.3) is 0 Å². The SMILES string of the molecule is CCN(CC)C1CCN(Cc2cc(C#CC(OC)c3ccccc3)cc(C)c2O)CC1. The summed E-state index contributed by atoms with van der Waals surface area (Å²) < 4.78 is 5.58. The van der Waals surface area contributed by atoms with Crippen LogP contribution in [0.4, 0.5) is 0 Å². The molecule has 4 heteroatoms. The van der Waals surface area contributed by atoms with Crippen LogP contribution in [0.2, 0.25) is 0 Å². The van der Waals surface area contributed by atoms with Crippen molar-refractivity contribution in [3.8, 4) is 17.6 Å². The van der Waals surface area contributed by atoms with Crippen molar-refractivity contribution in [1.29, 1.82) is 0 Å². The van der Waals surface area contributed by atoms with Crippen LogP contribution in [0, 0.1) is 18.8 Å². The molecule has 1 fully saturated rings. The number of likely N-dealkylation sites (tertiary alicyclic amines) is 1. The molecule has 1 aliphatic heterocycles. The van der Waals surface area contributed by atoms with Gasteiger partial charge in [-0.2, -0.15) is 0 Å². The van der Waals surface area contributed by atoms with E-state index in [1.165, 1.54) is 12.8 Å². The van der Waals surface area contributed by atoms with Crippen molar-refractivity contribution < 1.29 is 9.84 Å². The largest absolute Gasteiger partial charge is 0.507 e. The molecule has 0 aliphatic carbocycles. The first-order valence-corrected chi connectivity index (χ1v) is 11.4. The summed E-state index contributed by atoms with van der Waals surface area (Å²) in [5, 5.41) is 10.7. The van der Waals surface area contributed by atoms with E-state index in [0.29, 0.717) is 11.8 Å². The maximum absolute atomic E-state index is 10.7. The average Bonchev–Trinajstić information content (AvgIpc) is 2.80. The highest BCUT2D eigenvalue weighted by molar-refractivity contribution is 5.49. The quantitative estimate of drug-likeness (QED) is 0.656. The number of aromatic hydroxyl groups is 1. The average molecular weight is 421 g/mol. The highest BCUT2D eigenvalue weighted by Gasteiger charge is 2.23. The number of rotatable bonds is 7. The van der Waals surface area contributed by atoms with Crippen molar-refractivity contribution in [3.63, 3.8) is 0 Å². The predicted molar refractivity (Wildman–Crippen MR) is 127 cm³/mol. The molecule has 0 spiro atoms. The van der Waals surface area contributed by atoms with Crippen molar-refractivity contribution in [1.82, 2.24) is 9.80 Å². The number of methoxy groups -OCH3 is 1. The number of phenolic OH excluding ortho intramolecular Hbond substituents is 1. The zero-order valence-electron chi connectivity index (χ0n) is 19.4. The first kappa shape index (κ1) is 23.3. The molecule has 1 unspecified atom stereocenters. The van der Waals surface area contributed by atoms with Crippen molar-refractivity contribution in [3.05, 3.63) is 64.7 Å². The highest BCUT2D eigenvalue weighted by Crippen LogP contribution is 2.27. The first-order chi connectivity index (χ1) is 15.0. The first-order valence-electron chi connectivity index (χ1n) is 11.4. The molecule has 1 heterocycles. The van der Waals surface area contributed by atoms with E-state index in [0.717, 1.165) is 55.0 Å². The molecule has 0 aromatic heterocycles. The van der Waals surface area contributed by atoms with Gasteiger partial charge in [0.2, 0.25) is 0 Å². The smallest absolute Gasteiger partial charge is 0.143 e. The lowest BCUT2D eigenvalue weighted by Gasteiger charge is -2.37. The number of phenols is 1. The number of nitrogens with zero attached hydrogens (tertiary/aromatic N) is 2. The predicted octanol–water partition coefficient (Wildman–Crippen LogP) is 4.75. The zero-order chi connectivity index (χ0) is 22.2. The molecule has 1 aliphatic rings. The second-order valence-corrected chi connectivity index (χ2v) is 8.33. The normalized spacial score (nSPS) is 16.2. The number of hydrogen-bond acceptors (Lipinski definition) is 4. The van der Waals surface area contributed by atoms with E-state index in [-0.39, 0.29) is 6.10 Å². The minimum absolute atomic E-state index is 0.266. The van der Waals surface area contributed by atoms with Crippen molar-refractivity contribution in [2.24, 2.45) is 0 Å². The van der Waals surface area contributed by atoms with Gasteiger partial charge in [-0.15, -0.1) is 0 Å². The third-order valence-corrected chi connectivity index (χ3v) is 6.34. The van der Waals surface area contributed by atoms with E-state index in [2.05, 4.69) is 35.5 Å². The molecule has 1 atom stereocenters. The van der Waals surface area contributed by atoms with Crippen LogP contribution in [-0.4, -0.2) is 54.2 Å². The maximum atomic E-state index is 10.7. The molecule has 2 aromatic rings. The van der Waals surface area contributed by atoms with Gasteiger partial charge in [-0.1, -0.05) is 56.0 Å². The van der Waals surface area contributed by atoms with Crippen molar-refractivity contribution in [2.75, 3.05) is 33.3 Å². The van der Waals surface area contributed by atoms with Crippen LogP contribution in [0.3, 0.4) is 0 Å². The fraction of sp³-hybridized carbons (Fsp3) is 0.481. The third-order valence-electron chi connectivity index (χ3n) is 6.34. The Labute approximate surface area is 187 Å². The van der Waals surface area contributed by atoms with E-state index in [4.69, 9.17) is 4.74 Å². The Kier molecular flexibility index (Phi) is 8.54. The lowest BCUT2D eigenvalue weighted by Crippen LogP contribution is -2.44. The number of hydrogen-bond donors (Lipinski definition) is 1. The van der Waals surface area contributed by atoms with Crippen LogP contribution in [0.25, 0.3) is 0 Å². The van der Waals surface area contributed by atoms with Gasteiger partial charge in [-0.25, -0.2) is 0 Å². The van der Waals surface area contributed by atoms with Crippen LogP contribution in [-0.2, 0) is 11.3 Å². The molecular weight excluding hydrogens is 384 g/mol. The van der Waals surface area contributed by atoms with Gasteiger partial charge < -0.3 is 14.7 Å². The number of ether oxygens (including phenoxy) is 1. The Balaban J connectivity index is 1.71. The monoisotopic (exact) mass is 420 g/mol. The van der Waals surface area contributed by atoms with E-state index < -0.39 is 0 Å². The Morgan fingerprint density at radius 3 is 2.42 bits per heavy atom. The Morgan fingerprint density at radius 1 is 1.13 bits per heavy atom. The summed E-state index contributed by atoms with van der Waals surface area (Å²) in [6, 6.07) is 14.7. The van der Waals surface area contributed by atoms with Crippen LogP contribution in [0.1, 0.15) is 55.0 Å². The van der Waals surface area contributed by atoms with Gasteiger partial charge in [-0.3, -0.25) is 4.90 Å². The third kappa shape index (κ3) is 6.11. The van der Waals surface area contributed by atoms with E-state index in [1.807, 2.05) is 49.4 Å². The lowest BCUT2D eigenvalue weighted by molar-refractivity contribution is 0.112. The van der Waals surface area contributed by atoms with Crippen molar-refractivity contribution >= 4 is 0 Å². The van der Waals surface area contributed by atoms with Gasteiger partial charge in [0, 0.05) is 30.8 Å². The molecule has 166 valence electrons. The number of piperidine rings is 1. The minimum Gasteiger partial charge on any atom is -0.507 e. The summed E-state index contributed by atoms with van der Waals surface area (Å²) in [7, 11) is 1.68. The molecule has 31 heavy (non-hydrogen) atoms. The zero-order valence-corrected chi connectivity index (χ0v) is 19.4. The minimum atomic E-state index is -0.266. The Bertz CT molecular complexity index is 889. The van der Waals surface area contributed by atoms with Gasteiger partial charge in [0.05, 0.1) is 0 Å². The summed E-state index contributed by atoms with van der Waals surface area (Å²) in [4.78, 5) is 5.02. The van der Waals surface area contributed by atoms with Crippen LogP contribution in [0.5, 0.6) is 5.75 Å². The summed E-state index contributed by atoms with van der Waals surface area (Å²) in [5.74, 6) is 6.89. The van der Waals surface area contributed by atoms with Crippen LogP contribution in [0.15, 0.2) is 42.5 Å². The summed E-state index contributed by atoms with van der Waals surface area (Å²) in [5.41, 5.74) is 3.79. The second-order valence-electron chi connectivity index (χ2n) is 8.33. The van der Waals surface area contributed by atoms with E-state index in [1.54, 1.807) is 7.11 Å². The molecule has 0 bridgehead atoms. The molecular formula is C27H36N2O2. The topological polar surface area (TPSA) is 35.9 Å². The molecule has 0 amide bonds. The van der Waals surface area contributed by atoms with Gasteiger partial charge in [0.15, 0.2) is 0 Å². The molecule has 1 saturated heterocycles. The van der Waals surface area contributed by atoms with Crippen LogP contribution >= 0.6 is 0 Å². The highest BCUT2D eigenvalue weighted by atomic mass is 16.5. The van der Waals surface area contributed by atoms with Crippen molar-refractivity contribution in [2.45, 2.75) is 52.3 Å². The molecule has 2 aromatic carbocycles.